The second-order valence-electron chi connectivity index (χ2n) is 3.06. The number of nitrogens with zero attached hydrogens (tertiary/aromatic N) is 2. The SMILES string of the molecule is C1CO[P+]2(O1)N1CCN2CC1. The van der Waals surface area contributed by atoms with Crippen molar-refractivity contribution in [2.45, 2.75) is 0 Å². The summed E-state index contributed by atoms with van der Waals surface area (Å²) < 4.78 is 16.2. The Labute approximate surface area is 66.7 Å². The Morgan fingerprint density at radius 2 is 1.27 bits per heavy atom. The van der Waals surface area contributed by atoms with Crippen LogP contribution in [0.1, 0.15) is 0 Å². The second kappa shape index (κ2) is 2.15. The fourth-order valence-electron chi connectivity index (χ4n) is 2.05. The minimum atomic E-state index is -1.60. The first kappa shape index (κ1) is 6.75. The largest absolute Gasteiger partial charge is 0.436 e. The van der Waals surface area contributed by atoms with Gasteiger partial charge in [0.2, 0.25) is 0 Å². The van der Waals surface area contributed by atoms with Crippen LogP contribution in [-0.4, -0.2) is 48.7 Å². The van der Waals surface area contributed by atoms with E-state index >= 15 is 0 Å². The van der Waals surface area contributed by atoms with Crippen molar-refractivity contribution in [2.24, 2.45) is 0 Å². The summed E-state index contributed by atoms with van der Waals surface area (Å²) in [5.41, 5.74) is 0. The summed E-state index contributed by atoms with van der Waals surface area (Å²) >= 11 is 0. The first-order valence-corrected chi connectivity index (χ1v) is 5.64. The number of hydrogen-bond donors (Lipinski definition) is 0. The number of piperazine rings is 1. The Bertz CT molecular complexity index is 161. The standard InChI is InChI=1S/C6H12N2O2P/c1-2-8-4-3-7(1)11(8)9-5-6-10-11/h1-6H2/q+1. The molecule has 11 heavy (non-hydrogen) atoms. The van der Waals surface area contributed by atoms with Gasteiger partial charge in [0.15, 0.2) is 0 Å². The predicted molar refractivity (Wildman–Crippen MR) is 42.0 cm³/mol. The van der Waals surface area contributed by atoms with E-state index in [-0.39, 0.29) is 0 Å². The molecule has 3 fully saturated rings. The fourth-order valence-corrected chi connectivity index (χ4v) is 5.12. The van der Waals surface area contributed by atoms with E-state index in [9.17, 15) is 0 Å². The zero-order valence-corrected chi connectivity index (χ0v) is 7.30. The van der Waals surface area contributed by atoms with Gasteiger partial charge in [0.25, 0.3) is 0 Å². The monoisotopic (exact) mass is 175 g/mol. The molecule has 0 aromatic rings. The molecular formula is C6H12N2O2P+. The molecule has 4 nitrogen and oxygen atoms in total. The van der Waals surface area contributed by atoms with Crippen molar-refractivity contribution in [3.8, 4) is 0 Å². The van der Waals surface area contributed by atoms with Crippen LogP contribution in [0.2, 0.25) is 0 Å². The smallest absolute Gasteiger partial charge is 0.170 e. The molecule has 2 bridgehead atoms. The van der Waals surface area contributed by atoms with E-state index in [2.05, 4.69) is 9.34 Å². The van der Waals surface area contributed by atoms with Crippen molar-refractivity contribution >= 4 is 8.02 Å². The highest BCUT2D eigenvalue weighted by atomic mass is 31.2. The van der Waals surface area contributed by atoms with Gasteiger partial charge in [0.05, 0.1) is 26.2 Å². The van der Waals surface area contributed by atoms with Crippen LogP contribution >= 0.6 is 8.02 Å². The van der Waals surface area contributed by atoms with Crippen LogP contribution in [0.3, 0.4) is 0 Å². The van der Waals surface area contributed by atoms with Gasteiger partial charge in [-0.1, -0.05) is 0 Å². The molecule has 0 aliphatic carbocycles. The van der Waals surface area contributed by atoms with E-state index in [4.69, 9.17) is 9.05 Å². The highest BCUT2D eigenvalue weighted by Crippen LogP contribution is 2.74. The predicted octanol–water partition coefficient (Wildman–Crippen LogP) is 0.342. The number of hydrogen-bond acceptors (Lipinski definition) is 4. The van der Waals surface area contributed by atoms with Crippen LogP contribution in [0.5, 0.6) is 0 Å². The molecule has 0 saturated carbocycles. The summed E-state index contributed by atoms with van der Waals surface area (Å²) in [7, 11) is -1.60. The maximum Gasteiger partial charge on any atom is 0.436 e. The lowest BCUT2D eigenvalue weighted by atomic mass is 10.4. The first-order valence-electron chi connectivity index (χ1n) is 4.11. The Hall–Kier alpha value is 0.270. The average Bonchev–Trinajstić information content (AvgIpc) is 2.72. The van der Waals surface area contributed by atoms with E-state index in [1.54, 1.807) is 0 Å². The zero-order valence-electron chi connectivity index (χ0n) is 6.40. The van der Waals surface area contributed by atoms with Crippen molar-refractivity contribution in [3.05, 3.63) is 0 Å². The molecule has 0 unspecified atom stereocenters. The van der Waals surface area contributed by atoms with Crippen LogP contribution in [0.4, 0.5) is 0 Å². The van der Waals surface area contributed by atoms with E-state index in [0.29, 0.717) is 0 Å². The van der Waals surface area contributed by atoms with Gasteiger partial charge in [-0.15, -0.1) is 9.34 Å². The third-order valence-corrected chi connectivity index (χ3v) is 5.82. The van der Waals surface area contributed by atoms with Gasteiger partial charge in [-0.25, -0.2) is 0 Å². The Balaban J connectivity index is 1.95. The van der Waals surface area contributed by atoms with Crippen LogP contribution in [0.25, 0.3) is 0 Å². The molecule has 0 aromatic carbocycles. The molecular weight excluding hydrogens is 163 g/mol. The van der Waals surface area contributed by atoms with Crippen LogP contribution < -0.4 is 0 Å². The average molecular weight is 175 g/mol. The highest BCUT2D eigenvalue weighted by Gasteiger charge is 2.67. The third kappa shape index (κ3) is 0.718. The molecule has 0 atom stereocenters. The molecule has 62 valence electrons. The third-order valence-electron chi connectivity index (χ3n) is 2.55. The molecule has 3 rings (SSSR count). The highest BCUT2D eigenvalue weighted by molar-refractivity contribution is 7.62. The lowest BCUT2D eigenvalue weighted by molar-refractivity contribution is 0.339. The second-order valence-corrected chi connectivity index (χ2v) is 5.69. The first-order chi connectivity index (χ1) is 5.42. The zero-order chi connectivity index (χ0) is 7.31. The van der Waals surface area contributed by atoms with Crippen molar-refractivity contribution in [2.75, 3.05) is 39.4 Å². The van der Waals surface area contributed by atoms with Crippen LogP contribution in [0, 0.1) is 0 Å². The quantitative estimate of drug-likeness (QED) is 0.496. The van der Waals surface area contributed by atoms with Crippen LogP contribution in [-0.2, 0) is 9.05 Å². The van der Waals surface area contributed by atoms with Gasteiger partial charge >= 0.3 is 8.02 Å². The summed E-state index contributed by atoms with van der Waals surface area (Å²) in [6.07, 6.45) is 0. The summed E-state index contributed by atoms with van der Waals surface area (Å²) in [5.74, 6) is 0. The van der Waals surface area contributed by atoms with Crippen molar-refractivity contribution in [1.82, 2.24) is 9.34 Å². The van der Waals surface area contributed by atoms with Gasteiger partial charge in [0.1, 0.15) is 13.2 Å². The van der Waals surface area contributed by atoms with E-state index in [0.717, 1.165) is 39.4 Å². The van der Waals surface area contributed by atoms with Gasteiger partial charge in [-0.3, -0.25) is 0 Å². The molecule has 5 heteroatoms. The maximum atomic E-state index is 5.73. The Kier molecular flexibility index (Phi) is 1.32. The summed E-state index contributed by atoms with van der Waals surface area (Å²) in [6.45, 7) is 6.17. The lowest BCUT2D eigenvalue weighted by Gasteiger charge is -2.16. The minimum absolute atomic E-state index is 0.792. The molecule has 1 spiro atoms. The molecule has 3 saturated heterocycles. The molecule has 3 heterocycles. The van der Waals surface area contributed by atoms with Crippen molar-refractivity contribution in [1.29, 1.82) is 0 Å². The normalized spacial score (nSPS) is 45.8. The molecule has 0 amide bonds. The topological polar surface area (TPSA) is 24.9 Å². The summed E-state index contributed by atoms with van der Waals surface area (Å²) in [6, 6.07) is 0. The van der Waals surface area contributed by atoms with Crippen LogP contribution in [0.15, 0.2) is 0 Å². The molecule has 0 N–H and O–H groups in total. The summed E-state index contributed by atoms with van der Waals surface area (Å²) in [4.78, 5) is 0. The minimum Gasteiger partial charge on any atom is -0.170 e. The van der Waals surface area contributed by atoms with Gasteiger partial charge in [-0.2, -0.15) is 9.05 Å². The van der Waals surface area contributed by atoms with Crippen molar-refractivity contribution in [3.63, 3.8) is 0 Å². The number of rotatable bonds is 0. The molecule has 3 aliphatic heterocycles. The van der Waals surface area contributed by atoms with Gasteiger partial charge in [-0.05, 0) is 0 Å². The molecule has 0 radical (unpaired) electrons. The Morgan fingerprint density at radius 3 is 1.73 bits per heavy atom. The fraction of sp³-hybridized carbons (Fsp3) is 1.00. The Morgan fingerprint density at radius 1 is 0.818 bits per heavy atom. The van der Waals surface area contributed by atoms with E-state index in [1.807, 2.05) is 0 Å². The van der Waals surface area contributed by atoms with Crippen molar-refractivity contribution < 1.29 is 9.05 Å². The van der Waals surface area contributed by atoms with E-state index in [1.165, 1.54) is 0 Å². The maximum absolute atomic E-state index is 5.73. The van der Waals surface area contributed by atoms with Gasteiger partial charge in [0, 0.05) is 0 Å². The molecule has 3 aliphatic rings. The summed E-state index contributed by atoms with van der Waals surface area (Å²) in [5, 5.41) is 0. The van der Waals surface area contributed by atoms with E-state index < -0.39 is 8.02 Å². The lowest BCUT2D eigenvalue weighted by Crippen LogP contribution is -2.24. The molecule has 0 aromatic heterocycles. The van der Waals surface area contributed by atoms with Gasteiger partial charge < -0.3 is 0 Å².